The smallest absolute Gasteiger partial charge is 0.103 e. The zero-order chi connectivity index (χ0) is 12.3. The van der Waals surface area contributed by atoms with Gasteiger partial charge in [-0.2, -0.15) is 0 Å². The Hall–Kier alpha value is -1.26. The van der Waals surface area contributed by atoms with Gasteiger partial charge in [0.1, 0.15) is 5.69 Å². The topological polar surface area (TPSA) is 51.8 Å². The van der Waals surface area contributed by atoms with E-state index in [0.29, 0.717) is 12.5 Å². The molecule has 0 aliphatic carbocycles. The van der Waals surface area contributed by atoms with Crippen LogP contribution in [0.3, 0.4) is 0 Å². The van der Waals surface area contributed by atoms with Crippen molar-refractivity contribution in [2.24, 2.45) is 5.73 Å². The Morgan fingerprint density at radius 3 is 2.76 bits per heavy atom. The largest absolute Gasteiger partial charge is 0.330 e. The summed E-state index contributed by atoms with van der Waals surface area (Å²) >= 11 is 1.76. The summed E-state index contributed by atoms with van der Waals surface area (Å²) in [4.78, 5) is 10.3. The molecule has 0 spiro atoms. The summed E-state index contributed by atoms with van der Waals surface area (Å²) in [5.74, 6) is 0.453. The second-order valence-corrected chi connectivity index (χ2v) is 5.35. The van der Waals surface area contributed by atoms with Gasteiger partial charge in [0.05, 0.1) is 10.7 Å². The van der Waals surface area contributed by atoms with Crippen LogP contribution in [0, 0.1) is 0 Å². The van der Waals surface area contributed by atoms with Crippen molar-refractivity contribution < 1.29 is 0 Å². The van der Waals surface area contributed by atoms with E-state index in [2.05, 4.69) is 18.8 Å². The van der Waals surface area contributed by atoms with Gasteiger partial charge >= 0.3 is 0 Å². The van der Waals surface area contributed by atoms with Gasteiger partial charge in [-0.05, 0) is 25.1 Å². The van der Waals surface area contributed by atoms with Crippen molar-refractivity contribution >= 4 is 11.3 Å². The van der Waals surface area contributed by atoms with Gasteiger partial charge in [-0.1, -0.05) is 19.9 Å². The molecule has 2 aromatic rings. The summed E-state index contributed by atoms with van der Waals surface area (Å²) in [7, 11) is 0. The first-order valence-corrected chi connectivity index (χ1v) is 6.65. The summed E-state index contributed by atoms with van der Waals surface area (Å²) in [6.07, 6.45) is 2.67. The summed E-state index contributed by atoms with van der Waals surface area (Å²) in [6, 6.07) is 5.91. The van der Waals surface area contributed by atoms with Crippen molar-refractivity contribution in [3.63, 3.8) is 0 Å². The van der Waals surface area contributed by atoms with E-state index in [1.807, 2.05) is 18.2 Å². The fraction of sp³-hybridized carbons (Fsp3) is 0.385. The number of rotatable bonds is 4. The lowest BCUT2D eigenvalue weighted by atomic mass is 10.2. The van der Waals surface area contributed by atoms with Gasteiger partial charge in [-0.15, -0.1) is 11.3 Å². The average Bonchev–Trinajstić information content (AvgIpc) is 2.75. The molecule has 4 heteroatoms. The highest BCUT2D eigenvalue weighted by atomic mass is 32.1. The van der Waals surface area contributed by atoms with Crippen LogP contribution in [0.5, 0.6) is 0 Å². The highest BCUT2D eigenvalue weighted by Gasteiger charge is 2.14. The fourth-order valence-corrected chi connectivity index (χ4v) is 2.71. The van der Waals surface area contributed by atoms with Gasteiger partial charge in [0.2, 0.25) is 0 Å². The van der Waals surface area contributed by atoms with E-state index in [1.54, 1.807) is 17.5 Å². The first-order chi connectivity index (χ1) is 8.22. The van der Waals surface area contributed by atoms with Crippen LogP contribution in [0.1, 0.15) is 29.7 Å². The van der Waals surface area contributed by atoms with Crippen LogP contribution in [0.4, 0.5) is 0 Å². The number of nitrogens with two attached hydrogens (primary N) is 1. The summed E-state index contributed by atoms with van der Waals surface area (Å²) < 4.78 is 0. The van der Waals surface area contributed by atoms with Crippen molar-refractivity contribution in [1.82, 2.24) is 9.97 Å². The maximum atomic E-state index is 5.65. The molecule has 2 N–H and O–H groups in total. The molecule has 0 atom stereocenters. The second kappa shape index (κ2) is 5.38. The molecule has 0 bridgehead atoms. The van der Waals surface area contributed by atoms with Crippen LogP contribution in [-0.2, 0) is 6.42 Å². The van der Waals surface area contributed by atoms with Gasteiger partial charge in [0.25, 0.3) is 0 Å². The number of hydrogen-bond acceptors (Lipinski definition) is 4. The Balaban J connectivity index is 2.44. The maximum Gasteiger partial charge on any atom is 0.103 e. The second-order valence-electron chi connectivity index (χ2n) is 4.23. The van der Waals surface area contributed by atoms with Gasteiger partial charge in [0, 0.05) is 17.0 Å². The van der Waals surface area contributed by atoms with E-state index < -0.39 is 0 Å². The van der Waals surface area contributed by atoms with E-state index >= 15 is 0 Å². The lowest BCUT2D eigenvalue weighted by molar-refractivity contribution is 0.853. The number of pyridine rings is 1. The predicted octanol–water partition coefficient (Wildman–Crippen LogP) is 2.83. The molecule has 0 aliphatic rings. The molecule has 0 aromatic carbocycles. The molecule has 0 saturated heterocycles. The first-order valence-electron chi connectivity index (χ1n) is 5.83. The Labute approximate surface area is 106 Å². The molecule has 0 unspecified atom stereocenters. The Kier molecular flexibility index (Phi) is 3.86. The number of nitrogens with zero attached hydrogens (tertiary/aromatic N) is 2. The predicted molar refractivity (Wildman–Crippen MR) is 72.2 cm³/mol. The monoisotopic (exact) mass is 247 g/mol. The highest BCUT2D eigenvalue weighted by molar-refractivity contribution is 7.12. The summed E-state index contributed by atoms with van der Waals surface area (Å²) in [5.41, 5.74) is 7.60. The Morgan fingerprint density at radius 1 is 1.35 bits per heavy atom. The van der Waals surface area contributed by atoms with E-state index in [0.717, 1.165) is 22.8 Å². The molecule has 2 aromatic heterocycles. The molecule has 0 radical (unpaired) electrons. The average molecular weight is 247 g/mol. The Bertz CT molecular complexity index is 477. The molecule has 17 heavy (non-hydrogen) atoms. The van der Waals surface area contributed by atoms with Crippen LogP contribution >= 0.6 is 11.3 Å². The molecular formula is C13H17N3S. The van der Waals surface area contributed by atoms with Crippen molar-refractivity contribution in [3.05, 3.63) is 34.3 Å². The molecular weight excluding hydrogens is 230 g/mol. The van der Waals surface area contributed by atoms with Crippen molar-refractivity contribution in [2.75, 3.05) is 6.54 Å². The molecule has 3 nitrogen and oxygen atoms in total. The third kappa shape index (κ3) is 2.70. The van der Waals surface area contributed by atoms with Gasteiger partial charge in [-0.3, -0.25) is 4.98 Å². The van der Waals surface area contributed by atoms with Crippen LogP contribution in [0.25, 0.3) is 11.4 Å². The number of aromatic nitrogens is 2. The van der Waals surface area contributed by atoms with Crippen LogP contribution in [0.2, 0.25) is 0 Å². The third-order valence-corrected chi connectivity index (χ3v) is 3.90. The Morgan fingerprint density at radius 2 is 2.18 bits per heavy atom. The molecule has 2 heterocycles. The normalized spacial score (nSPS) is 11.1. The van der Waals surface area contributed by atoms with Gasteiger partial charge < -0.3 is 5.73 Å². The van der Waals surface area contributed by atoms with Crippen molar-refractivity contribution in [3.8, 4) is 11.4 Å². The standard InChI is InChI=1S/C13H17N3S/c1-9(2)13-16-12(11(17-13)6-7-14)10-5-3-4-8-15-10/h3-5,8-9H,6-7,14H2,1-2H3. The SMILES string of the molecule is CC(C)c1nc(-c2ccccn2)c(CCN)s1. The van der Waals surface area contributed by atoms with Crippen LogP contribution in [-0.4, -0.2) is 16.5 Å². The molecule has 0 saturated carbocycles. The zero-order valence-electron chi connectivity index (χ0n) is 10.2. The maximum absolute atomic E-state index is 5.65. The lowest BCUT2D eigenvalue weighted by Gasteiger charge is -1.99. The fourth-order valence-electron chi connectivity index (χ4n) is 1.62. The quantitative estimate of drug-likeness (QED) is 0.904. The lowest BCUT2D eigenvalue weighted by Crippen LogP contribution is -2.02. The molecule has 2 rings (SSSR count). The summed E-state index contributed by atoms with van der Waals surface area (Å²) in [6.45, 7) is 4.97. The zero-order valence-corrected chi connectivity index (χ0v) is 11.0. The number of thiazole rings is 1. The minimum atomic E-state index is 0.453. The van der Waals surface area contributed by atoms with Crippen LogP contribution in [0.15, 0.2) is 24.4 Å². The van der Waals surface area contributed by atoms with Crippen molar-refractivity contribution in [2.45, 2.75) is 26.2 Å². The highest BCUT2D eigenvalue weighted by Crippen LogP contribution is 2.30. The minimum absolute atomic E-state index is 0.453. The van der Waals surface area contributed by atoms with Gasteiger partial charge in [0.15, 0.2) is 0 Å². The van der Waals surface area contributed by atoms with Gasteiger partial charge in [-0.25, -0.2) is 4.98 Å². The first kappa shape index (κ1) is 12.2. The molecule has 0 amide bonds. The van der Waals surface area contributed by atoms with E-state index in [9.17, 15) is 0 Å². The minimum Gasteiger partial charge on any atom is -0.330 e. The number of hydrogen-bond donors (Lipinski definition) is 1. The van der Waals surface area contributed by atoms with Crippen molar-refractivity contribution in [1.29, 1.82) is 0 Å². The van der Waals surface area contributed by atoms with E-state index in [-0.39, 0.29) is 0 Å². The summed E-state index contributed by atoms with van der Waals surface area (Å²) in [5, 5.41) is 1.16. The molecule has 0 fully saturated rings. The molecule has 0 aliphatic heterocycles. The third-order valence-electron chi connectivity index (χ3n) is 2.49. The molecule has 90 valence electrons. The van der Waals surface area contributed by atoms with Crippen LogP contribution < -0.4 is 5.73 Å². The van der Waals surface area contributed by atoms with E-state index in [1.165, 1.54) is 4.88 Å². The van der Waals surface area contributed by atoms with E-state index in [4.69, 9.17) is 10.7 Å².